The highest BCUT2D eigenvalue weighted by Crippen LogP contribution is 2.66. The second-order valence-corrected chi connectivity index (χ2v) is 16.5. The Labute approximate surface area is 342 Å². The number of allylic oxidation sites excluding steroid dienone is 1. The van der Waals surface area contributed by atoms with Gasteiger partial charge in [0.1, 0.15) is 0 Å². The number of para-hydroxylation sites is 1. The van der Waals surface area contributed by atoms with Gasteiger partial charge in [-0.15, -0.1) is 11.3 Å². The summed E-state index contributed by atoms with van der Waals surface area (Å²) in [6.07, 6.45) is 6.32. The van der Waals surface area contributed by atoms with Crippen LogP contribution in [0.15, 0.2) is 189 Å². The van der Waals surface area contributed by atoms with Gasteiger partial charge in [-0.2, -0.15) is 0 Å². The van der Waals surface area contributed by atoms with Gasteiger partial charge in [0.05, 0.1) is 15.8 Å². The number of hydrogen-bond donors (Lipinski definition) is 0. The molecule has 272 valence electrons. The smallest absolute Gasteiger partial charge is 0.0737 e. The fourth-order valence-corrected chi connectivity index (χ4v) is 11.7. The third-order valence-electron chi connectivity index (χ3n) is 12.7. The minimum atomic E-state index is -0.505. The maximum Gasteiger partial charge on any atom is 0.0737 e. The van der Waals surface area contributed by atoms with Crippen LogP contribution in [0.2, 0.25) is 0 Å². The number of fused-ring (bicyclic) bond motifs is 18. The predicted octanol–water partition coefficient (Wildman–Crippen LogP) is 15.9. The van der Waals surface area contributed by atoms with Crippen molar-refractivity contribution in [1.29, 1.82) is 0 Å². The summed E-state index contributed by atoms with van der Waals surface area (Å²) < 4.78 is 1.25. The molecule has 0 radical (unpaired) electrons. The molecule has 9 aromatic carbocycles. The first-order chi connectivity index (χ1) is 28.7. The molecule has 12 rings (SSSR count). The van der Waals surface area contributed by atoms with Crippen molar-refractivity contribution in [3.05, 3.63) is 221 Å². The van der Waals surface area contributed by atoms with Crippen LogP contribution in [0.5, 0.6) is 0 Å². The Hall–Kier alpha value is -7.00. The summed E-state index contributed by atoms with van der Waals surface area (Å²) >= 11 is 1.81. The van der Waals surface area contributed by atoms with Gasteiger partial charge in [0.15, 0.2) is 0 Å². The standard InChI is InChI=1S/C56H37NS/c1-3-17-43-46-26-16-29-50(55(46)58-51(43)4-2)57(36-18-6-5-7-19-36)37-31-33-38-35(34-37)30-32-47-52-44-24-10-8-20-39(44)40-21-9-11-25-45(40)54(52)56(53(38)47)48-27-14-12-22-41(48)42-23-13-15-28-49(42)56/h3-34H,2H2,1H3/b17-3-. The predicted molar refractivity (Wildman–Crippen MR) is 250 cm³/mol. The maximum atomic E-state index is 4.19. The lowest BCUT2D eigenvalue weighted by Crippen LogP contribution is -2.26. The average Bonchev–Trinajstić information content (AvgIpc) is 3.91. The lowest BCUT2D eigenvalue weighted by Gasteiger charge is -2.33. The summed E-state index contributed by atoms with van der Waals surface area (Å²) in [6, 6.07) is 65.9. The number of rotatable bonds is 5. The molecular formula is C56H37NS. The maximum absolute atomic E-state index is 4.19. The van der Waals surface area contributed by atoms with E-state index in [1.807, 2.05) is 17.4 Å². The molecule has 1 aromatic heterocycles. The second-order valence-electron chi connectivity index (χ2n) is 15.5. The molecule has 1 spiro atoms. The van der Waals surface area contributed by atoms with E-state index in [1.165, 1.54) is 97.4 Å². The Morgan fingerprint density at radius 3 is 1.88 bits per heavy atom. The van der Waals surface area contributed by atoms with Gasteiger partial charge in [0.2, 0.25) is 0 Å². The van der Waals surface area contributed by atoms with E-state index in [4.69, 9.17) is 0 Å². The van der Waals surface area contributed by atoms with Crippen molar-refractivity contribution in [2.45, 2.75) is 12.3 Å². The highest BCUT2D eigenvalue weighted by molar-refractivity contribution is 7.20. The Balaban J connectivity index is 1.19. The van der Waals surface area contributed by atoms with E-state index < -0.39 is 5.41 Å². The van der Waals surface area contributed by atoms with E-state index in [0.717, 1.165) is 17.1 Å². The van der Waals surface area contributed by atoms with E-state index in [9.17, 15) is 0 Å². The van der Waals surface area contributed by atoms with Crippen LogP contribution in [0.25, 0.3) is 76.8 Å². The molecule has 58 heavy (non-hydrogen) atoms. The van der Waals surface area contributed by atoms with Gasteiger partial charge in [-0.3, -0.25) is 0 Å². The molecule has 0 bridgehead atoms. The normalized spacial score (nSPS) is 13.4. The molecule has 2 aliphatic carbocycles. The van der Waals surface area contributed by atoms with Crippen LogP contribution in [-0.4, -0.2) is 0 Å². The largest absolute Gasteiger partial charge is 0.309 e. The van der Waals surface area contributed by atoms with Crippen LogP contribution in [0.1, 0.15) is 39.6 Å². The van der Waals surface area contributed by atoms with Crippen LogP contribution in [-0.2, 0) is 5.41 Å². The van der Waals surface area contributed by atoms with E-state index in [0.29, 0.717) is 0 Å². The fraction of sp³-hybridized carbons (Fsp3) is 0.0357. The number of hydrogen-bond acceptors (Lipinski definition) is 2. The quantitative estimate of drug-likeness (QED) is 0.158. The van der Waals surface area contributed by atoms with Crippen molar-refractivity contribution in [3.8, 4) is 22.3 Å². The first-order valence-corrected chi connectivity index (χ1v) is 20.9. The van der Waals surface area contributed by atoms with E-state index >= 15 is 0 Å². The van der Waals surface area contributed by atoms with Crippen LogP contribution in [0, 0.1) is 0 Å². The molecule has 2 heteroatoms. The van der Waals surface area contributed by atoms with E-state index in [-0.39, 0.29) is 0 Å². The Kier molecular flexibility index (Phi) is 7.15. The Morgan fingerprint density at radius 2 is 1.16 bits per heavy atom. The molecule has 0 unspecified atom stereocenters. The number of benzene rings is 9. The van der Waals surface area contributed by atoms with Crippen LogP contribution < -0.4 is 4.90 Å². The molecule has 0 amide bonds. The van der Waals surface area contributed by atoms with Crippen LogP contribution in [0.3, 0.4) is 0 Å². The molecule has 1 nitrogen and oxygen atoms in total. The number of nitrogens with zero attached hydrogens (tertiary/aromatic N) is 1. The van der Waals surface area contributed by atoms with Gasteiger partial charge in [0.25, 0.3) is 0 Å². The highest BCUT2D eigenvalue weighted by Gasteiger charge is 2.53. The van der Waals surface area contributed by atoms with Crippen molar-refractivity contribution >= 4 is 83.0 Å². The molecular weight excluding hydrogens is 719 g/mol. The monoisotopic (exact) mass is 755 g/mol. The SMILES string of the molecule is C=Cc1sc2c(N(c3ccccc3)c3ccc4c5c(ccc4c3)-c3c(c4ccccc4c4ccccc34)C53c4ccccc4-c4ccccc43)cccc2c1/C=C\C. The summed E-state index contributed by atoms with van der Waals surface area (Å²) in [5.41, 5.74) is 14.9. The lowest BCUT2D eigenvalue weighted by molar-refractivity contribution is 0.809. The average molecular weight is 756 g/mol. The summed E-state index contributed by atoms with van der Waals surface area (Å²) in [4.78, 5) is 3.62. The first-order valence-electron chi connectivity index (χ1n) is 20.1. The van der Waals surface area contributed by atoms with Crippen LogP contribution >= 0.6 is 11.3 Å². The molecule has 10 aromatic rings. The van der Waals surface area contributed by atoms with Crippen molar-refractivity contribution < 1.29 is 0 Å². The van der Waals surface area contributed by atoms with Gasteiger partial charge in [-0.25, -0.2) is 0 Å². The van der Waals surface area contributed by atoms with Crippen molar-refractivity contribution in [2.24, 2.45) is 0 Å². The third kappa shape index (κ3) is 4.30. The fourth-order valence-electron chi connectivity index (χ4n) is 10.6. The molecule has 0 fully saturated rings. The first kappa shape index (κ1) is 33.2. The molecule has 0 atom stereocenters. The van der Waals surface area contributed by atoms with Gasteiger partial charge in [-0.1, -0.05) is 170 Å². The minimum absolute atomic E-state index is 0.505. The van der Waals surface area contributed by atoms with Crippen LogP contribution in [0.4, 0.5) is 17.1 Å². The highest BCUT2D eigenvalue weighted by atomic mass is 32.1. The molecule has 2 aliphatic rings. The van der Waals surface area contributed by atoms with E-state index in [2.05, 4.69) is 206 Å². The third-order valence-corrected chi connectivity index (χ3v) is 13.9. The Bertz CT molecular complexity index is 3340. The molecule has 1 heterocycles. The molecule has 0 aliphatic heterocycles. The summed E-state index contributed by atoms with van der Waals surface area (Å²) in [7, 11) is 0. The van der Waals surface area contributed by atoms with Crippen molar-refractivity contribution in [1.82, 2.24) is 0 Å². The van der Waals surface area contributed by atoms with Gasteiger partial charge in [-0.05, 0) is 114 Å². The van der Waals surface area contributed by atoms with Crippen molar-refractivity contribution in [3.63, 3.8) is 0 Å². The van der Waals surface area contributed by atoms with Gasteiger partial charge < -0.3 is 4.90 Å². The van der Waals surface area contributed by atoms with E-state index in [1.54, 1.807) is 0 Å². The molecule has 0 saturated heterocycles. The zero-order chi connectivity index (χ0) is 38.5. The topological polar surface area (TPSA) is 3.24 Å². The van der Waals surface area contributed by atoms with Gasteiger partial charge in [0, 0.05) is 27.2 Å². The minimum Gasteiger partial charge on any atom is -0.309 e. The number of anilines is 3. The Morgan fingerprint density at radius 1 is 0.517 bits per heavy atom. The molecule has 0 N–H and O–H groups in total. The summed E-state index contributed by atoms with van der Waals surface area (Å²) in [6.45, 7) is 6.27. The summed E-state index contributed by atoms with van der Waals surface area (Å²) in [5.74, 6) is 0. The van der Waals surface area contributed by atoms with Gasteiger partial charge >= 0.3 is 0 Å². The lowest BCUT2D eigenvalue weighted by atomic mass is 9.68. The molecule has 0 saturated carbocycles. The zero-order valence-electron chi connectivity index (χ0n) is 32.0. The zero-order valence-corrected chi connectivity index (χ0v) is 32.9. The second kappa shape index (κ2) is 12.5. The van der Waals surface area contributed by atoms with Crippen molar-refractivity contribution in [2.75, 3.05) is 4.90 Å². The number of thiophene rings is 1. The summed E-state index contributed by atoms with van der Waals surface area (Å²) in [5, 5.41) is 8.97.